The van der Waals surface area contributed by atoms with Gasteiger partial charge in [-0.1, -0.05) is 0 Å². The number of hydrogen-bond donors (Lipinski definition) is 0. The Morgan fingerprint density at radius 3 is 2.89 bits per heavy atom. The van der Waals surface area contributed by atoms with Gasteiger partial charge in [-0.25, -0.2) is 4.98 Å². The fourth-order valence-corrected chi connectivity index (χ4v) is 2.57. The number of aromatic nitrogens is 1. The zero-order valence-corrected chi connectivity index (χ0v) is 11.8. The number of hydrogen-bond acceptors (Lipinski definition) is 5. The molecule has 1 aromatic heterocycles. The third-order valence-electron chi connectivity index (χ3n) is 2.71. The highest BCUT2D eigenvalue weighted by molar-refractivity contribution is 7.07. The molecule has 19 heavy (non-hydrogen) atoms. The van der Waals surface area contributed by atoms with Gasteiger partial charge < -0.3 is 4.90 Å². The van der Waals surface area contributed by atoms with E-state index >= 15 is 0 Å². The van der Waals surface area contributed by atoms with Crippen molar-refractivity contribution in [3.05, 3.63) is 50.5 Å². The molecule has 100 valence electrons. The fourth-order valence-electron chi connectivity index (χ4n) is 1.81. The highest BCUT2D eigenvalue weighted by atomic mass is 35.5. The highest BCUT2D eigenvalue weighted by Crippen LogP contribution is 2.27. The van der Waals surface area contributed by atoms with Crippen LogP contribution in [0.1, 0.15) is 11.3 Å². The van der Waals surface area contributed by atoms with E-state index in [0.717, 1.165) is 16.9 Å². The zero-order chi connectivity index (χ0) is 13.8. The third kappa shape index (κ3) is 3.21. The largest absolute Gasteiger partial charge is 0.368 e. The van der Waals surface area contributed by atoms with E-state index in [9.17, 15) is 10.1 Å². The van der Waals surface area contributed by atoms with Crippen molar-refractivity contribution in [2.45, 2.75) is 12.4 Å². The Morgan fingerprint density at radius 2 is 2.32 bits per heavy atom. The Labute approximate surface area is 119 Å². The van der Waals surface area contributed by atoms with Crippen LogP contribution in [0.25, 0.3) is 0 Å². The number of benzene rings is 1. The summed E-state index contributed by atoms with van der Waals surface area (Å²) in [6, 6.07) is 4.73. The summed E-state index contributed by atoms with van der Waals surface area (Å²) in [6.07, 6.45) is 0. The fraction of sp³-hybridized carbons (Fsp3) is 0.250. The highest BCUT2D eigenvalue weighted by Gasteiger charge is 2.13. The first-order valence-electron chi connectivity index (χ1n) is 5.53. The molecule has 0 spiro atoms. The number of anilines is 1. The molecule has 0 radical (unpaired) electrons. The van der Waals surface area contributed by atoms with E-state index in [1.807, 2.05) is 17.3 Å². The van der Waals surface area contributed by atoms with Crippen LogP contribution < -0.4 is 4.90 Å². The maximum absolute atomic E-state index is 10.7. The van der Waals surface area contributed by atoms with Gasteiger partial charge in [0.25, 0.3) is 5.69 Å². The number of nitro groups is 1. The Morgan fingerprint density at radius 1 is 1.53 bits per heavy atom. The quantitative estimate of drug-likeness (QED) is 0.482. The van der Waals surface area contributed by atoms with Crippen molar-refractivity contribution in [3.8, 4) is 0 Å². The van der Waals surface area contributed by atoms with E-state index in [1.165, 1.54) is 23.5 Å². The molecular weight excluding hydrogens is 286 g/mol. The van der Waals surface area contributed by atoms with Crippen LogP contribution in [0.15, 0.2) is 29.1 Å². The lowest BCUT2D eigenvalue weighted by Gasteiger charge is -2.20. The lowest BCUT2D eigenvalue weighted by molar-refractivity contribution is -0.384. The van der Waals surface area contributed by atoms with Crippen molar-refractivity contribution in [1.82, 2.24) is 4.98 Å². The van der Waals surface area contributed by atoms with E-state index in [2.05, 4.69) is 4.98 Å². The zero-order valence-electron chi connectivity index (χ0n) is 10.2. The average molecular weight is 298 g/mol. The summed E-state index contributed by atoms with van der Waals surface area (Å²) in [7, 11) is 1.91. The molecule has 0 saturated carbocycles. The number of non-ortho nitro benzene ring substituents is 1. The van der Waals surface area contributed by atoms with Crippen LogP contribution >= 0.6 is 22.9 Å². The second kappa shape index (κ2) is 5.99. The molecule has 0 aliphatic carbocycles. The lowest BCUT2D eigenvalue weighted by Crippen LogP contribution is -2.18. The average Bonchev–Trinajstić information content (AvgIpc) is 2.90. The van der Waals surface area contributed by atoms with Gasteiger partial charge in [-0.3, -0.25) is 10.1 Å². The number of thiazole rings is 1. The van der Waals surface area contributed by atoms with Crippen molar-refractivity contribution < 1.29 is 4.92 Å². The molecule has 0 atom stereocenters. The summed E-state index contributed by atoms with van der Waals surface area (Å²) in [4.78, 5) is 16.5. The van der Waals surface area contributed by atoms with E-state index in [-0.39, 0.29) is 11.6 Å². The van der Waals surface area contributed by atoms with E-state index in [4.69, 9.17) is 11.6 Å². The molecule has 7 heteroatoms. The molecule has 1 aromatic carbocycles. The summed E-state index contributed by atoms with van der Waals surface area (Å²) >= 11 is 7.41. The monoisotopic (exact) mass is 297 g/mol. The Hall–Kier alpha value is -1.66. The van der Waals surface area contributed by atoms with Crippen LogP contribution in [0.4, 0.5) is 11.4 Å². The third-order valence-corrected chi connectivity index (χ3v) is 3.63. The molecule has 0 amide bonds. The minimum Gasteiger partial charge on any atom is -0.368 e. The second-order valence-electron chi connectivity index (χ2n) is 4.04. The molecule has 2 aromatic rings. The minimum absolute atomic E-state index is 0.0569. The number of nitrogens with zero attached hydrogens (tertiary/aromatic N) is 3. The predicted octanol–water partition coefficient (Wildman–Crippen LogP) is 3.43. The molecule has 0 aliphatic rings. The summed E-state index contributed by atoms with van der Waals surface area (Å²) in [5.74, 6) is 0.235. The van der Waals surface area contributed by atoms with Crippen LogP contribution in [0.3, 0.4) is 0 Å². The first-order valence-corrected chi connectivity index (χ1v) is 7.01. The second-order valence-corrected chi connectivity index (χ2v) is 5.03. The van der Waals surface area contributed by atoms with Gasteiger partial charge in [0.05, 0.1) is 22.7 Å². The van der Waals surface area contributed by atoms with Crippen LogP contribution in [0, 0.1) is 10.1 Å². The maximum atomic E-state index is 10.7. The number of alkyl halides is 1. The van der Waals surface area contributed by atoms with Crippen molar-refractivity contribution in [2.75, 3.05) is 11.9 Å². The smallest absolute Gasteiger partial charge is 0.269 e. The molecule has 5 nitrogen and oxygen atoms in total. The van der Waals surface area contributed by atoms with Crippen LogP contribution in [0.2, 0.25) is 0 Å². The van der Waals surface area contributed by atoms with E-state index in [0.29, 0.717) is 6.54 Å². The van der Waals surface area contributed by atoms with Crippen molar-refractivity contribution in [2.24, 2.45) is 0 Å². The maximum Gasteiger partial charge on any atom is 0.269 e. The van der Waals surface area contributed by atoms with Gasteiger partial charge in [-0.2, -0.15) is 0 Å². The molecule has 0 bridgehead atoms. The molecule has 0 aliphatic heterocycles. The standard InChI is InChI=1S/C12H12ClN3O2S/c1-15(6-10-7-19-8-14-10)12-3-2-11(16(17)18)4-9(12)5-13/h2-4,7-8H,5-6H2,1H3. The first-order chi connectivity index (χ1) is 9.11. The summed E-state index contributed by atoms with van der Waals surface area (Å²) < 4.78 is 0. The van der Waals surface area contributed by atoms with Gasteiger partial charge in [0.1, 0.15) is 0 Å². The SMILES string of the molecule is CN(Cc1cscn1)c1ccc([N+](=O)[O-])cc1CCl. The van der Waals surface area contributed by atoms with Crippen LogP contribution in [-0.4, -0.2) is 17.0 Å². The predicted molar refractivity (Wildman–Crippen MR) is 76.9 cm³/mol. The Bertz CT molecular complexity index is 574. The summed E-state index contributed by atoms with van der Waals surface area (Å²) in [5, 5.41) is 12.7. The van der Waals surface area contributed by atoms with Gasteiger partial charge >= 0.3 is 0 Å². The summed E-state index contributed by atoms with van der Waals surface area (Å²) in [6.45, 7) is 0.644. The molecule has 0 fully saturated rings. The van der Waals surface area contributed by atoms with Gasteiger partial charge in [-0.15, -0.1) is 22.9 Å². The number of nitro benzene ring substituents is 1. The summed E-state index contributed by atoms with van der Waals surface area (Å²) in [5.41, 5.74) is 4.43. The number of halogens is 1. The molecule has 1 heterocycles. The molecule has 0 unspecified atom stereocenters. The van der Waals surface area contributed by atoms with Gasteiger partial charge in [0.2, 0.25) is 0 Å². The molecule has 0 N–H and O–H groups in total. The lowest BCUT2D eigenvalue weighted by atomic mass is 10.1. The van der Waals surface area contributed by atoms with Crippen LogP contribution in [-0.2, 0) is 12.4 Å². The molecular formula is C12H12ClN3O2S. The van der Waals surface area contributed by atoms with Gasteiger partial charge in [0.15, 0.2) is 0 Å². The topological polar surface area (TPSA) is 59.3 Å². The van der Waals surface area contributed by atoms with Crippen LogP contribution in [0.5, 0.6) is 0 Å². The molecule has 2 rings (SSSR count). The Kier molecular flexibility index (Phi) is 4.34. The van der Waals surface area contributed by atoms with Gasteiger partial charge in [-0.05, 0) is 11.6 Å². The van der Waals surface area contributed by atoms with E-state index in [1.54, 1.807) is 11.6 Å². The van der Waals surface area contributed by atoms with E-state index < -0.39 is 4.92 Å². The van der Waals surface area contributed by atoms with Crippen molar-refractivity contribution in [3.63, 3.8) is 0 Å². The van der Waals surface area contributed by atoms with Crippen molar-refractivity contribution in [1.29, 1.82) is 0 Å². The van der Waals surface area contributed by atoms with Crippen molar-refractivity contribution >= 4 is 34.3 Å². The number of rotatable bonds is 5. The minimum atomic E-state index is -0.416. The first kappa shape index (κ1) is 13.8. The normalized spacial score (nSPS) is 10.4. The molecule has 0 saturated heterocycles. The van der Waals surface area contributed by atoms with Gasteiger partial charge in [0, 0.05) is 36.1 Å². The Balaban J connectivity index is 2.25.